The van der Waals surface area contributed by atoms with Gasteiger partial charge in [-0.05, 0) is 43.7 Å². The number of nitrogens with zero attached hydrogens (tertiary/aromatic N) is 10. The summed E-state index contributed by atoms with van der Waals surface area (Å²) in [5, 5.41) is 18.0. The van der Waals surface area contributed by atoms with Gasteiger partial charge in [-0.15, -0.1) is 0 Å². The zero-order valence-corrected chi connectivity index (χ0v) is 31.9. The first kappa shape index (κ1) is 37.4. The van der Waals surface area contributed by atoms with E-state index in [1.165, 1.54) is 34.0 Å². The number of likely N-dealkylation sites (N-methyl/N-ethyl adjacent to an activating group) is 1. The fraction of sp³-hybridized carbons (Fsp3) is 0.375. The van der Waals surface area contributed by atoms with Crippen molar-refractivity contribution in [2.24, 2.45) is 0 Å². The molecule has 4 atom stereocenters. The maximum atomic E-state index is 15.3. The normalized spacial score (nSPS) is 21.3. The molecule has 2 N–H and O–H groups in total. The maximum absolute atomic E-state index is 15.3. The molecule has 0 spiro atoms. The second-order valence-corrected chi connectivity index (χ2v) is 15.1. The molecule has 58 heavy (non-hydrogen) atoms. The standard InChI is InChI=1S/C40H40F3N11O4/c1-21-45-31-14-24(42)12-27-30-5-4-6-34(47-30)46-25-15-33(40(57)50(2)19-26(58-3)20-52(21)36(27)31)53(18-25)38-28-16-44-54(32-8-7-23(41)13-29(32)43)39(28)49-37(48-38)22-11-35(56)51(17-22)9-10-55/h4-8,12-14,16,22,25-26,33,55H,9-11,15,17-20H2,1-3H3,(H,46,47)/t22?,25-,26-,33-/m0/s1. The molecule has 0 saturated carbocycles. The number of hydrogen-bond acceptors (Lipinski definition) is 11. The number of aliphatic hydroxyl groups is 1. The largest absolute Gasteiger partial charge is 0.395 e. The minimum Gasteiger partial charge on any atom is -0.395 e. The third-order valence-corrected chi connectivity index (χ3v) is 11.3. The van der Waals surface area contributed by atoms with E-state index >= 15 is 8.78 Å². The van der Waals surface area contributed by atoms with Crippen molar-refractivity contribution < 1.29 is 32.6 Å². The van der Waals surface area contributed by atoms with Crippen molar-refractivity contribution in [3.05, 3.63) is 83.8 Å². The van der Waals surface area contributed by atoms with Gasteiger partial charge in [0, 0.05) is 76.4 Å². The van der Waals surface area contributed by atoms with Crippen LogP contribution in [0.3, 0.4) is 0 Å². The number of nitrogens with one attached hydrogen (secondary N) is 1. The molecule has 6 aromatic rings. The highest BCUT2D eigenvalue weighted by Gasteiger charge is 2.42. The van der Waals surface area contributed by atoms with Crippen LogP contribution in [0.4, 0.5) is 24.8 Å². The summed E-state index contributed by atoms with van der Waals surface area (Å²) in [6.07, 6.45) is 1.41. The number of aryl methyl sites for hydroxylation is 1. The smallest absolute Gasteiger partial charge is 0.245 e. The molecule has 1 unspecified atom stereocenters. The van der Waals surface area contributed by atoms with E-state index < -0.39 is 35.5 Å². The summed E-state index contributed by atoms with van der Waals surface area (Å²) in [4.78, 5) is 52.2. The van der Waals surface area contributed by atoms with Crippen molar-refractivity contribution in [2.75, 3.05) is 57.2 Å². The van der Waals surface area contributed by atoms with Crippen molar-refractivity contribution in [3.63, 3.8) is 0 Å². The predicted molar refractivity (Wildman–Crippen MR) is 207 cm³/mol. The number of fused-ring (bicyclic) bond motifs is 6. The lowest BCUT2D eigenvalue weighted by molar-refractivity contribution is -0.132. The SMILES string of the molecule is CO[C@H]1CN(C)C(=O)[C@@H]2C[C@@H](CN2c2nc(C3CC(=O)N(CCO)C3)nc3c2cnn3-c2ccc(F)cc2F)Nc2cccc(n2)-c2cc(F)cc3nc(C)n(c23)C1. The molecule has 2 fully saturated rings. The Morgan fingerprint density at radius 1 is 0.966 bits per heavy atom. The van der Waals surface area contributed by atoms with Gasteiger partial charge in [0.1, 0.15) is 46.6 Å². The number of aromatic nitrogens is 7. The number of imidazole rings is 1. The molecule has 0 aliphatic carbocycles. The van der Waals surface area contributed by atoms with Gasteiger partial charge < -0.3 is 34.4 Å². The highest BCUT2D eigenvalue weighted by atomic mass is 19.1. The number of anilines is 2. The van der Waals surface area contributed by atoms with Crippen molar-refractivity contribution in [3.8, 4) is 16.9 Å². The first-order valence-corrected chi connectivity index (χ1v) is 19.0. The lowest BCUT2D eigenvalue weighted by atomic mass is 10.1. The number of halogens is 3. The van der Waals surface area contributed by atoms with E-state index in [1.807, 2.05) is 34.6 Å². The van der Waals surface area contributed by atoms with Crippen LogP contribution in [-0.2, 0) is 20.9 Å². The van der Waals surface area contributed by atoms with Gasteiger partial charge in [-0.3, -0.25) is 9.59 Å². The second kappa shape index (κ2) is 14.7. The zero-order valence-electron chi connectivity index (χ0n) is 31.9. The second-order valence-electron chi connectivity index (χ2n) is 15.1. The number of hydrogen-bond donors (Lipinski definition) is 2. The molecule has 4 aromatic heterocycles. The van der Waals surface area contributed by atoms with Gasteiger partial charge in [-0.2, -0.15) is 5.10 Å². The number of ether oxygens (including phenoxy) is 1. The topological polar surface area (TPSA) is 160 Å². The average Bonchev–Trinajstić information content (AvgIpc) is 3.98. The summed E-state index contributed by atoms with van der Waals surface area (Å²) >= 11 is 0. The number of amides is 2. The van der Waals surface area contributed by atoms with Crippen LogP contribution in [0.2, 0.25) is 0 Å². The van der Waals surface area contributed by atoms with Crippen molar-refractivity contribution >= 4 is 45.5 Å². The third-order valence-electron chi connectivity index (χ3n) is 11.3. The van der Waals surface area contributed by atoms with Crippen LogP contribution in [0.15, 0.2) is 54.7 Å². The number of aliphatic hydroxyl groups excluding tert-OH is 1. The van der Waals surface area contributed by atoms with Gasteiger partial charge in [-0.1, -0.05) is 6.07 Å². The Morgan fingerprint density at radius 3 is 2.60 bits per heavy atom. The number of pyridine rings is 1. The molecule has 4 bridgehead atoms. The van der Waals surface area contributed by atoms with Crippen LogP contribution < -0.4 is 10.2 Å². The van der Waals surface area contributed by atoms with E-state index in [2.05, 4.69) is 15.4 Å². The highest BCUT2D eigenvalue weighted by Crippen LogP contribution is 2.37. The van der Waals surface area contributed by atoms with Gasteiger partial charge in [0.25, 0.3) is 0 Å². The summed E-state index contributed by atoms with van der Waals surface area (Å²) in [5.41, 5.74) is 2.44. The molecule has 15 nitrogen and oxygen atoms in total. The molecule has 2 saturated heterocycles. The summed E-state index contributed by atoms with van der Waals surface area (Å²) in [6, 6.07) is 10.3. The minimum atomic E-state index is -0.857. The Labute approximate surface area is 330 Å². The minimum absolute atomic E-state index is 0.0467. The summed E-state index contributed by atoms with van der Waals surface area (Å²) < 4.78 is 53.6. The molecule has 3 aliphatic heterocycles. The number of benzene rings is 2. The van der Waals surface area contributed by atoms with Gasteiger partial charge in [-0.25, -0.2) is 37.8 Å². The van der Waals surface area contributed by atoms with Crippen LogP contribution in [0.1, 0.15) is 30.4 Å². The van der Waals surface area contributed by atoms with Crippen molar-refractivity contribution in [1.82, 2.24) is 44.1 Å². The summed E-state index contributed by atoms with van der Waals surface area (Å²) in [6.45, 7) is 2.81. The van der Waals surface area contributed by atoms with Crippen LogP contribution in [0, 0.1) is 24.4 Å². The number of β-amino-alcohol motifs (C(OH)–C–C–N with tert-alkyl or cyclic N) is 1. The number of likely N-dealkylation sites (tertiary alicyclic amines) is 1. The monoisotopic (exact) mass is 795 g/mol. The third kappa shape index (κ3) is 6.54. The molecule has 9 rings (SSSR count). The number of carbonyl (C=O) groups excluding carboxylic acids is 2. The molecule has 2 aromatic carbocycles. The first-order valence-electron chi connectivity index (χ1n) is 19.0. The maximum Gasteiger partial charge on any atom is 0.245 e. The zero-order chi connectivity index (χ0) is 40.4. The summed E-state index contributed by atoms with van der Waals surface area (Å²) in [7, 11) is 3.29. The van der Waals surface area contributed by atoms with E-state index in [9.17, 15) is 19.1 Å². The molecule has 300 valence electrons. The van der Waals surface area contributed by atoms with Crippen LogP contribution in [-0.4, -0.2) is 126 Å². The average molecular weight is 796 g/mol. The van der Waals surface area contributed by atoms with Gasteiger partial charge >= 0.3 is 0 Å². The lowest BCUT2D eigenvalue weighted by Gasteiger charge is -2.31. The van der Waals surface area contributed by atoms with Gasteiger partial charge in [0.2, 0.25) is 11.8 Å². The van der Waals surface area contributed by atoms with Crippen LogP contribution in [0.5, 0.6) is 0 Å². The molecule has 2 amide bonds. The van der Waals surface area contributed by atoms with E-state index in [1.54, 1.807) is 19.1 Å². The lowest BCUT2D eigenvalue weighted by Crippen LogP contribution is -2.47. The van der Waals surface area contributed by atoms with Gasteiger partial charge in [0.05, 0.1) is 47.6 Å². The first-order chi connectivity index (χ1) is 28.0. The highest BCUT2D eigenvalue weighted by molar-refractivity contribution is 5.94. The molecule has 7 heterocycles. The van der Waals surface area contributed by atoms with Crippen LogP contribution >= 0.6 is 0 Å². The van der Waals surface area contributed by atoms with E-state index in [0.717, 1.165) is 12.1 Å². The van der Waals surface area contributed by atoms with E-state index in [4.69, 9.17) is 19.7 Å². The number of carbonyl (C=O) groups is 2. The summed E-state index contributed by atoms with van der Waals surface area (Å²) in [5.74, 6) is -1.14. The molecule has 3 aliphatic rings. The molecule has 18 heteroatoms. The van der Waals surface area contributed by atoms with E-state index in [-0.39, 0.29) is 74.2 Å². The Bertz CT molecular complexity index is 2600. The fourth-order valence-electron chi connectivity index (χ4n) is 8.53. The van der Waals surface area contributed by atoms with Gasteiger partial charge in [0.15, 0.2) is 11.5 Å². The van der Waals surface area contributed by atoms with Crippen molar-refractivity contribution in [1.29, 1.82) is 0 Å². The Morgan fingerprint density at radius 2 is 1.81 bits per heavy atom. The Hall–Kier alpha value is -6.14. The molecular weight excluding hydrogens is 756 g/mol. The fourth-order valence-corrected chi connectivity index (χ4v) is 8.53. The number of rotatable bonds is 6. The predicted octanol–water partition coefficient (Wildman–Crippen LogP) is 3.81. The molecule has 0 radical (unpaired) electrons. The Kier molecular flexibility index (Phi) is 9.46. The molecular formula is C40H40F3N11O4. The quantitative estimate of drug-likeness (QED) is 0.253. The van der Waals surface area contributed by atoms with E-state index in [0.29, 0.717) is 58.1 Å². The van der Waals surface area contributed by atoms with Crippen LogP contribution in [0.25, 0.3) is 39.0 Å². The van der Waals surface area contributed by atoms with Crippen molar-refractivity contribution in [2.45, 2.75) is 50.4 Å². The number of methoxy groups -OCH3 is 1. The Balaban J connectivity index is 1.17.